The van der Waals surface area contributed by atoms with E-state index in [9.17, 15) is 10.1 Å². The first-order valence-corrected chi connectivity index (χ1v) is 11.1. The van der Waals surface area contributed by atoms with Crippen LogP contribution in [0.3, 0.4) is 0 Å². The molecule has 0 spiro atoms. The van der Waals surface area contributed by atoms with Crippen LogP contribution in [0.5, 0.6) is 5.75 Å². The van der Waals surface area contributed by atoms with Crippen molar-refractivity contribution in [2.24, 2.45) is 11.3 Å². The van der Waals surface area contributed by atoms with Gasteiger partial charge < -0.3 is 10.1 Å². The van der Waals surface area contributed by atoms with Gasteiger partial charge in [0.05, 0.1) is 16.6 Å². The topological polar surface area (TPSA) is 62.1 Å². The Balaban J connectivity index is 1.84. The third-order valence-electron chi connectivity index (χ3n) is 5.32. The van der Waals surface area contributed by atoms with Gasteiger partial charge in [-0.1, -0.05) is 20.8 Å². The number of anilines is 1. The van der Waals surface area contributed by atoms with Crippen molar-refractivity contribution in [3.8, 4) is 11.8 Å². The van der Waals surface area contributed by atoms with Gasteiger partial charge in [-0.05, 0) is 77.2 Å². The summed E-state index contributed by atoms with van der Waals surface area (Å²) in [7, 11) is 0. The van der Waals surface area contributed by atoms with Crippen LogP contribution < -0.4 is 10.1 Å². The van der Waals surface area contributed by atoms with Gasteiger partial charge >= 0.3 is 0 Å². The number of nitrogens with one attached hydrogen (secondary N) is 1. The lowest BCUT2D eigenvalue weighted by Gasteiger charge is -2.33. The van der Waals surface area contributed by atoms with Crippen molar-refractivity contribution in [1.29, 1.82) is 5.26 Å². The minimum Gasteiger partial charge on any atom is -0.493 e. The van der Waals surface area contributed by atoms with Gasteiger partial charge in [0.1, 0.15) is 16.8 Å². The number of thiophene rings is 1. The lowest BCUT2D eigenvalue weighted by Crippen LogP contribution is -2.26. The molecule has 1 heterocycles. The molecule has 0 unspecified atom stereocenters. The van der Waals surface area contributed by atoms with Gasteiger partial charge in [-0.25, -0.2) is 0 Å². The molecule has 1 N–H and O–H groups in total. The SMILES string of the molecule is CCOc1ccc(C(=O)Nc2sc3c(c2C#N)CC[C@H](C(C)(C)C)C3)cc1Br. The molecule has 1 amide bonds. The fourth-order valence-corrected chi connectivity index (χ4v) is 5.39. The first-order chi connectivity index (χ1) is 13.2. The Kier molecular flexibility index (Phi) is 6.16. The summed E-state index contributed by atoms with van der Waals surface area (Å²) < 4.78 is 6.24. The molecule has 4 nitrogen and oxygen atoms in total. The molecule has 28 heavy (non-hydrogen) atoms. The van der Waals surface area contributed by atoms with E-state index >= 15 is 0 Å². The maximum absolute atomic E-state index is 12.8. The highest BCUT2D eigenvalue weighted by Gasteiger charge is 2.32. The number of hydrogen-bond donors (Lipinski definition) is 1. The van der Waals surface area contributed by atoms with E-state index in [0.717, 1.165) is 29.3 Å². The summed E-state index contributed by atoms with van der Waals surface area (Å²) in [5, 5.41) is 13.3. The highest BCUT2D eigenvalue weighted by atomic mass is 79.9. The second kappa shape index (κ2) is 8.26. The number of nitrogens with zero attached hydrogens (tertiary/aromatic N) is 1. The first kappa shape index (κ1) is 20.9. The fourth-order valence-electron chi connectivity index (χ4n) is 3.62. The Labute approximate surface area is 179 Å². The minimum atomic E-state index is -0.216. The second-order valence-corrected chi connectivity index (χ2v) is 10.1. The number of carbonyl (C=O) groups is 1. The van der Waals surface area contributed by atoms with Crippen LogP contribution >= 0.6 is 27.3 Å². The maximum Gasteiger partial charge on any atom is 0.256 e. The summed E-state index contributed by atoms with van der Waals surface area (Å²) in [6, 6.07) is 7.58. The van der Waals surface area contributed by atoms with Crippen molar-refractivity contribution >= 4 is 38.2 Å². The van der Waals surface area contributed by atoms with Gasteiger partial charge in [0, 0.05) is 10.4 Å². The van der Waals surface area contributed by atoms with Crippen LogP contribution in [-0.4, -0.2) is 12.5 Å². The molecule has 2 aromatic rings. The van der Waals surface area contributed by atoms with Gasteiger partial charge in [-0.2, -0.15) is 5.26 Å². The molecule has 6 heteroatoms. The predicted molar refractivity (Wildman–Crippen MR) is 117 cm³/mol. The number of benzene rings is 1. The number of nitriles is 1. The lowest BCUT2D eigenvalue weighted by atomic mass is 9.72. The highest BCUT2D eigenvalue weighted by Crippen LogP contribution is 2.44. The molecule has 1 aromatic carbocycles. The Morgan fingerprint density at radius 1 is 1.43 bits per heavy atom. The van der Waals surface area contributed by atoms with E-state index in [1.54, 1.807) is 29.5 Å². The largest absolute Gasteiger partial charge is 0.493 e. The molecule has 1 aliphatic rings. The van der Waals surface area contributed by atoms with Crippen LogP contribution in [0.1, 0.15) is 60.5 Å². The summed E-state index contributed by atoms with van der Waals surface area (Å²) in [5.74, 6) is 1.08. The zero-order chi connectivity index (χ0) is 20.5. The first-order valence-electron chi connectivity index (χ1n) is 9.53. The van der Waals surface area contributed by atoms with E-state index < -0.39 is 0 Å². The van der Waals surface area contributed by atoms with Crippen LogP contribution in [0, 0.1) is 22.7 Å². The molecule has 0 saturated carbocycles. The third kappa shape index (κ3) is 4.26. The fraction of sp³-hybridized carbons (Fsp3) is 0.455. The van der Waals surface area contributed by atoms with Crippen molar-refractivity contribution < 1.29 is 9.53 Å². The lowest BCUT2D eigenvalue weighted by molar-refractivity contribution is 0.102. The molecule has 3 rings (SSSR count). The van der Waals surface area contributed by atoms with Crippen LogP contribution in [-0.2, 0) is 12.8 Å². The van der Waals surface area contributed by atoms with Crippen LogP contribution in [0.25, 0.3) is 0 Å². The quantitative estimate of drug-likeness (QED) is 0.591. The van der Waals surface area contributed by atoms with Crippen LogP contribution in [0.4, 0.5) is 5.00 Å². The Morgan fingerprint density at radius 3 is 2.79 bits per heavy atom. The van der Waals surface area contributed by atoms with E-state index in [4.69, 9.17) is 4.74 Å². The van der Waals surface area contributed by atoms with Crippen molar-refractivity contribution in [2.45, 2.75) is 47.0 Å². The zero-order valence-corrected chi connectivity index (χ0v) is 19.1. The molecule has 1 aromatic heterocycles. The summed E-state index contributed by atoms with van der Waals surface area (Å²) in [6.45, 7) is 9.29. The van der Waals surface area contributed by atoms with E-state index in [-0.39, 0.29) is 11.3 Å². The van der Waals surface area contributed by atoms with Gasteiger partial charge in [0.25, 0.3) is 5.91 Å². The van der Waals surface area contributed by atoms with E-state index in [1.807, 2.05) is 6.92 Å². The molecule has 148 valence electrons. The second-order valence-electron chi connectivity index (χ2n) is 8.16. The Bertz CT molecular complexity index is 937. The molecular formula is C22H25BrN2O2S. The molecule has 1 atom stereocenters. The summed E-state index contributed by atoms with van der Waals surface area (Å²) in [5.41, 5.74) is 2.52. The van der Waals surface area contributed by atoms with Crippen molar-refractivity contribution in [3.05, 3.63) is 44.2 Å². The molecule has 1 aliphatic carbocycles. The number of amides is 1. The zero-order valence-electron chi connectivity index (χ0n) is 16.7. The summed E-state index contributed by atoms with van der Waals surface area (Å²) in [6.07, 6.45) is 2.96. The summed E-state index contributed by atoms with van der Waals surface area (Å²) >= 11 is 5.00. The van der Waals surface area contributed by atoms with Crippen LogP contribution in [0.2, 0.25) is 0 Å². The van der Waals surface area contributed by atoms with E-state index in [1.165, 1.54) is 4.88 Å². The smallest absolute Gasteiger partial charge is 0.256 e. The molecule has 0 bridgehead atoms. The van der Waals surface area contributed by atoms with E-state index in [0.29, 0.717) is 34.4 Å². The molecule has 0 fully saturated rings. The van der Waals surface area contributed by atoms with Crippen molar-refractivity contribution in [3.63, 3.8) is 0 Å². The highest BCUT2D eigenvalue weighted by molar-refractivity contribution is 9.10. The summed E-state index contributed by atoms with van der Waals surface area (Å²) in [4.78, 5) is 14.0. The maximum atomic E-state index is 12.8. The van der Waals surface area contributed by atoms with Crippen molar-refractivity contribution in [2.75, 3.05) is 11.9 Å². The van der Waals surface area contributed by atoms with Gasteiger partial charge in [0.15, 0.2) is 0 Å². The molecule has 0 radical (unpaired) electrons. The molecular weight excluding hydrogens is 436 g/mol. The number of ether oxygens (including phenoxy) is 1. The standard InChI is InChI=1S/C22H25BrN2O2S/c1-5-27-18-9-6-13(10-17(18)23)20(26)25-21-16(12-24)15-8-7-14(22(2,3)4)11-19(15)28-21/h6,9-10,14H,5,7-8,11H2,1-4H3,(H,25,26)/t14-/m0/s1. The number of hydrogen-bond acceptors (Lipinski definition) is 4. The van der Waals surface area contributed by atoms with Crippen LogP contribution in [0.15, 0.2) is 22.7 Å². The number of halogens is 1. The van der Waals surface area contributed by atoms with E-state index in [2.05, 4.69) is 48.1 Å². The van der Waals surface area contributed by atoms with Gasteiger partial charge in [-0.3, -0.25) is 4.79 Å². The van der Waals surface area contributed by atoms with Gasteiger partial charge in [-0.15, -0.1) is 11.3 Å². The number of carbonyl (C=O) groups excluding carboxylic acids is 1. The minimum absolute atomic E-state index is 0.216. The van der Waals surface area contributed by atoms with Gasteiger partial charge in [0.2, 0.25) is 0 Å². The van der Waals surface area contributed by atoms with Crippen molar-refractivity contribution in [1.82, 2.24) is 0 Å². The molecule has 0 aliphatic heterocycles. The Morgan fingerprint density at radius 2 is 2.18 bits per heavy atom. The Hall–Kier alpha value is -1.84. The third-order valence-corrected chi connectivity index (χ3v) is 7.11. The predicted octanol–water partition coefficient (Wildman–Crippen LogP) is 6.18. The average Bonchev–Trinajstić information content (AvgIpc) is 2.98. The average molecular weight is 461 g/mol. The monoisotopic (exact) mass is 460 g/mol. The molecule has 0 saturated heterocycles. The number of fused-ring (bicyclic) bond motifs is 1. The number of rotatable bonds is 4. The normalized spacial score (nSPS) is 16.2.